The van der Waals surface area contributed by atoms with Crippen molar-refractivity contribution in [1.29, 1.82) is 0 Å². The first-order chi connectivity index (χ1) is 12.7. The van der Waals surface area contributed by atoms with Crippen molar-refractivity contribution in [3.05, 3.63) is 59.7 Å². The number of rotatable bonds is 4. The quantitative estimate of drug-likeness (QED) is 0.732. The molecular weight excluding hydrogens is 320 g/mol. The Bertz CT molecular complexity index is 697. The van der Waals surface area contributed by atoms with Crippen molar-refractivity contribution in [2.24, 2.45) is 23.7 Å². The van der Waals surface area contributed by atoms with E-state index in [1.807, 2.05) is 0 Å². The number of benzene rings is 2. The lowest BCUT2D eigenvalue weighted by Gasteiger charge is -2.62. The summed E-state index contributed by atoms with van der Waals surface area (Å²) in [5.74, 6) is 5.34. The summed E-state index contributed by atoms with van der Waals surface area (Å²) in [4.78, 5) is 0. The van der Waals surface area contributed by atoms with Gasteiger partial charge in [-0.25, -0.2) is 0 Å². The molecule has 26 heavy (non-hydrogen) atoms. The maximum absolute atomic E-state index is 5.43. The van der Waals surface area contributed by atoms with Gasteiger partial charge in [-0.15, -0.1) is 0 Å². The van der Waals surface area contributed by atoms with E-state index in [4.69, 9.17) is 9.47 Å². The summed E-state index contributed by atoms with van der Waals surface area (Å²) >= 11 is 0. The van der Waals surface area contributed by atoms with Crippen molar-refractivity contribution in [3.63, 3.8) is 0 Å². The van der Waals surface area contributed by atoms with Crippen LogP contribution in [0.4, 0.5) is 0 Å². The third-order valence-electron chi connectivity index (χ3n) is 7.56. The van der Waals surface area contributed by atoms with Gasteiger partial charge in [0, 0.05) is 5.41 Å². The second-order valence-electron chi connectivity index (χ2n) is 8.63. The Kier molecular flexibility index (Phi) is 3.77. The molecule has 0 spiro atoms. The molecule has 0 aliphatic heterocycles. The van der Waals surface area contributed by atoms with E-state index in [2.05, 4.69) is 48.5 Å². The van der Waals surface area contributed by atoms with Crippen molar-refractivity contribution >= 4 is 0 Å². The van der Waals surface area contributed by atoms with Crippen LogP contribution < -0.4 is 9.47 Å². The maximum Gasteiger partial charge on any atom is 0.118 e. The van der Waals surface area contributed by atoms with E-state index in [-0.39, 0.29) is 5.41 Å². The third-order valence-corrected chi connectivity index (χ3v) is 7.56. The normalized spacial score (nSPS) is 31.0. The van der Waals surface area contributed by atoms with Crippen LogP contribution in [0.25, 0.3) is 0 Å². The minimum absolute atomic E-state index is 0.159. The zero-order chi connectivity index (χ0) is 17.7. The van der Waals surface area contributed by atoms with Crippen LogP contribution in [-0.4, -0.2) is 14.2 Å². The zero-order valence-corrected chi connectivity index (χ0v) is 15.8. The van der Waals surface area contributed by atoms with Gasteiger partial charge in [-0.3, -0.25) is 0 Å². The van der Waals surface area contributed by atoms with Crippen molar-refractivity contribution in [3.8, 4) is 11.5 Å². The molecule has 136 valence electrons. The molecule has 0 heterocycles. The van der Waals surface area contributed by atoms with E-state index in [1.165, 1.54) is 43.2 Å². The molecule has 0 amide bonds. The Balaban J connectivity index is 1.67. The van der Waals surface area contributed by atoms with Gasteiger partial charge in [0.2, 0.25) is 0 Å². The number of hydrogen-bond donors (Lipinski definition) is 0. The molecule has 2 heteroatoms. The molecule has 0 saturated heterocycles. The van der Waals surface area contributed by atoms with E-state index in [1.54, 1.807) is 14.2 Å². The Hall–Kier alpha value is -1.96. The SMILES string of the molecule is COc1ccc(C2(c3ccc(OC)cc3)C3CC4CC(C3)CC2C4)cc1. The van der Waals surface area contributed by atoms with Gasteiger partial charge < -0.3 is 9.47 Å². The number of ether oxygens (including phenoxy) is 2. The molecule has 0 atom stereocenters. The van der Waals surface area contributed by atoms with Gasteiger partial charge in [-0.1, -0.05) is 24.3 Å². The molecule has 4 aliphatic carbocycles. The topological polar surface area (TPSA) is 18.5 Å². The lowest BCUT2D eigenvalue weighted by Crippen LogP contribution is -2.56. The third kappa shape index (κ3) is 2.24. The highest BCUT2D eigenvalue weighted by atomic mass is 16.5. The van der Waals surface area contributed by atoms with Crippen molar-refractivity contribution in [2.45, 2.75) is 37.5 Å². The predicted octanol–water partition coefficient (Wildman–Crippen LogP) is 5.45. The van der Waals surface area contributed by atoms with E-state index in [0.717, 1.165) is 35.2 Å². The molecule has 0 unspecified atom stereocenters. The highest BCUT2D eigenvalue weighted by molar-refractivity contribution is 5.46. The Morgan fingerprint density at radius 3 is 1.35 bits per heavy atom. The molecule has 2 aromatic rings. The average molecular weight is 348 g/mol. The fourth-order valence-electron chi connectivity index (χ4n) is 6.77. The summed E-state index contributed by atoms with van der Waals surface area (Å²) < 4.78 is 10.9. The fourth-order valence-corrected chi connectivity index (χ4v) is 6.77. The Labute approximate surface area is 156 Å². The minimum atomic E-state index is 0.159. The molecule has 2 aromatic carbocycles. The van der Waals surface area contributed by atoms with Crippen LogP contribution >= 0.6 is 0 Å². The van der Waals surface area contributed by atoms with E-state index < -0.39 is 0 Å². The number of hydrogen-bond acceptors (Lipinski definition) is 2. The molecule has 6 rings (SSSR count). The van der Waals surface area contributed by atoms with Gasteiger partial charge in [0.05, 0.1) is 14.2 Å². The molecular formula is C24H28O2. The van der Waals surface area contributed by atoms with E-state index in [9.17, 15) is 0 Å². The van der Waals surface area contributed by atoms with Crippen LogP contribution in [0.5, 0.6) is 11.5 Å². The molecule has 2 nitrogen and oxygen atoms in total. The summed E-state index contributed by atoms with van der Waals surface area (Å²) in [6.07, 6.45) is 7.06. The van der Waals surface area contributed by atoms with Crippen LogP contribution in [-0.2, 0) is 5.41 Å². The van der Waals surface area contributed by atoms with E-state index in [0.29, 0.717) is 0 Å². The van der Waals surface area contributed by atoms with Crippen molar-refractivity contribution in [1.82, 2.24) is 0 Å². The molecule has 0 radical (unpaired) electrons. The van der Waals surface area contributed by atoms with Gasteiger partial charge >= 0.3 is 0 Å². The second-order valence-corrected chi connectivity index (χ2v) is 8.63. The number of methoxy groups -OCH3 is 2. The summed E-state index contributed by atoms with van der Waals surface area (Å²) in [5.41, 5.74) is 3.13. The molecule has 4 saturated carbocycles. The van der Waals surface area contributed by atoms with Crippen LogP contribution in [0.3, 0.4) is 0 Å². The van der Waals surface area contributed by atoms with Gasteiger partial charge in [0.1, 0.15) is 11.5 Å². The van der Waals surface area contributed by atoms with Crippen LogP contribution in [0, 0.1) is 23.7 Å². The van der Waals surface area contributed by atoms with Gasteiger partial charge in [0.25, 0.3) is 0 Å². The monoisotopic (exact) mass is 348 g/mol. The van der Waals surface area contributed by atoms with Crippen LogP contribution in [0.2, 0.25) is 0 Å². The van der Waals surface area contributed by atoms with Gasteiger partial charge in [-0.05, 0) is 91.2 Å². The lowest BCUT2D eigenvalue weighted by molar-refractivity contribution is -0.0418. The van der Waals surface area contributed by atoms with Crippen LogP contribution in [0.1, 0.15) is 43.2 Å². The smallest absolute Gasteiger partial charge is 0.118 e. The maximum atomic E-state index is 5.43. The molecule has 0 N–H and O–H groups in total. The molecule has 4 aliphatic rings. The van der Waals surface area contributed by atoms with Gasteiger partial charge in [-0.2, -0.15) is 0 Å². The highest BCUT2D eigenvalue weighted by Gasteiger charge is 2.58. The van der Waals surface area contributed by atoms with Crippen molar-refractivity contribution in [2.75, 3.05) is 14.2 Å². The van der Waals surface area contributed by atoms with Crippen LogP contribution in [0.15, 0.2) is 48.5 Å². The minimum Gasteiger partial charge on any atom is -0.497 e. The first-order valence-electron chi connectivity index (χ1n) is 10.0. The standard InChI is InChI=1S/C24H28O2/c1-25-22-7-3-18(4-8-22)24(19-5-9-23(26-2)10-6-19)20-12-16-11-17(14-20)15-21(24)13-16/h3-10,16-17,20-21H,11-15H2,1-2H3. The Morgan fingerprint density at radius 2 is 1.00 bits per heavy atom. The predicted molar refractivity (Wildman–Crippen MR) is 104 cm³/mol. The summed E-state index contributed by atoms with van der Waals surface area (Å²) in [5, 5.41) is 0. The largest absolute Gasteiger partial charge is 0.497 e. The molecule has 4 fully saturated rings. The molecule has 4 bridgehead atoms. The zero-order valence-electron chi connectivity index (χ0n) is 15.8. The van der Waals surface area contributed by atoms with Crippen molar-refractivity contribution < 1.29 is 9.47 Å². The fraction of sp³-hybridized carbons (Fsp3) is 0.500. The van der Waals surface area contributed by atoms with Gasteiger partial charge in [0.15, 0.2) is 0 Å². The lowest BCUT2D eigenvalue weighted by atomic mass is 9.42. The van der Waals surface area contributed by atoms with E-state index >= 15 is 0 Å². The second kappa shape index (κ2) is 6.04. The molecule has 0 aromatic heterocycles. The Morgan fingerprint density at radius 1 is 0.615 bits per heavy atom. The summed E-state index contributed by atoms with van der Waals surface area (Å²) in [6.45, 7) is 0. The summed E-state index contributed by atoms with van der Waals surface area (Å²) in [6, 6.07) is 17.9. The highest BCUT2D eigenvalue weighted by Crippen LogP contribution is 2.65. The first-order valence-corrected chi connectivity index (χ1v) is 10.0. The average Bonchev–Trinajstić information content (AvgIpc) is 2.68. The first kappa shape index (κ1) is 16.2. The summed E-state index contributed by atoms with van der Waals surface area (Å²) in [7, 11) is 3.49.